The number of piperidine rings is 1. The molecule has 3 aromatic rings. The Kier molecular flexibility index (Phi) is 7.76. The molecule has 0 aromatic heterocycles. The summed E-state index contributed by atoms with van der Waals surface area (Å²) in [6.45, 7) is 1.96. The second-order valence-corrected chi connectivity index (χ2v) is 9.54. The molecule has 9 nitrogen and oxygen atoms in total. The van der Waals surface area contributed by atoms with Crippen LogP contribution < -0.4 is 15.3 Å². The van der Waals surface area contributed by atoms with Crippen molar-refractivity contribution in [2.75, 3.05) is 41.5 Å². The van der Waals surface area contributed by atoms with Gasteiger partial charge in [-0.05, 0) is 42.7 Å². The lowest BCUT2D eigenvalue weighted by Crippen LogP contribution is -2.49. The van der Waals surface area contributed by atoms with E-state index in [0.29, 0.717) is 49.4 Å². The molecule has 38 heavy (non-hydrogen) atoms. The number of hydrogen-bond donors (Lipinski definition) is 2. The fraction of sp³-hybridized carbons (Fsp3) is 0.310. The molecular formula is C29H31N4O5-. The van der Waals surface area contributed by atoms with Crippen LogP contribution in [-0.4, -0.2) is 54.3 Å². The van der Waals surface area contributed by atoms with Crippen LogP contribution in [0, 0.1) is 5.21 Å². The molecule has 0 unspecified atom stereocenters. The molecule has 2 aliphatic heterocycles. The van der Waals surface area contributed by atoms with Crippen molar-refractivity contribution < 1.29 is 19.4 Å². The maximum atomic E-state index is 13.3. The highest BCUT2D eigenvalue weighted by Crippen LogP contribution is 2.35. The first-order valence-corrected chi connectivity index (χ1v) is 12.8. The maximum Gasteiger partial charge on any atom is 0.414 e. The van der Waals surface area contributed by atoms with E-state index in [9.17, 15) is 19.9 Å². The van der Waals surface area contributed by atoms with Gasteiger partial charge in [-0.2, -0.15) is 0 Å². The van der Waals surface area contributed by atoms with Crippen molar-refractivity contribution in [3.63, 3.8) is 0 Å². The number of cyclic esters (lactones) is 1. The smallest absolute Gasteiger partial charge is 0.414 e. The molecule has 1 fully saturated rings. The van der Waals surface area contributed by atoms with Gasteiger partial charge in [-0.1, -0.05) is 48.5 Å². The first-order valence-electron chi connectivity index (χ1n) is 12.8. The Bertz CT molecular complexity index is 1280. The molecule has 198 valence electrons. The lowest BCUT2D eigenvalue weighted by Gasteiger charge is -2.41. The molecule has 0 atom stereocenters. The summed E-state index contributed by atoms with van der Waals surface area (Å²) in [6.07, 6.45) is 1.10. The number of carbonyl (C=O) groups excluding carboxylic acids is 2. The normalized spacial score (nSPS) is 15.6. The molecule has 0 aliphatic carbocycles. The van der Waals surface area contributed by atoms with Crippen molar-refractivity contribution >= 4 is 29.1 Å². The van der Waals surface area contributed by atoms with Crippen LogP contribution in [0.25, 0.3) is 0 Å². The number of fused-ring (bicyclic) bond motifs is 1. The number of benzene rings is 3. The summed E-state index contributed by atoms with van der Waals surface area (Å²) >= 11 is 0. The summed E-state index contributed by atoms with van der Waals surface area (Å²) in [7, 11) is 0. The highest BCUT2D eigenvalue weighted by atomic mass is 16.6. The van der Waals surface area contributed by atoms with Crippen molar-refractivity contribution in [3.8, 4) is 0 Å². The number of ether oxygens (including phenoxy) is 1. The molecule has 2 N–H and O–H groups in total. The van der Waals surface area contributed by atoms with Crippen molar-refractivity contribution in [3.05, 3.63) is 94.7 Å². The van der Waals surface area contributed by atoms with Crippen LogP contribution in [0.4, 0.5) is 21.9 Å². The van der Waals surface area contributed by atoms with E-state index in [1.807, 2.05) is 60.1 Å². The van der Waals surface area contributed by atoms with E-state index in [-0.39, 0.29) is 37.8 Å². The van der Waals surface area contributed by atoms with Crippen LogP contribution >= 0.6 is 0 Å². The summed E-state index contributed by atoms with van der Waals surface area (Å²) in [5, 5.41) is 21.5. The van der Waals surface area contributed by atoms with Gasteiger partial charge in [0.15, 0.2) is 0 Å². The average Bonchev–Trinajstić information content (AvgIpc) is 2.97. The van der Waals surface area contributed by atoms with E-state index in [0.717, 1.165) is 16.8 Å². The van der Waals surface area contributed by atoms with Crippen LogP contribution in [0.15, 0.2) is 72.8 Å². The van der Waals surface area contributed by atoms with Gasteiger partial charge in [-0.25, -0.2) is 4.79 Å². The highest BCUT2D eigenvalue weighted by Gasteiger charge is 2.34. The Morgan fingerprint density at radius 2 is 1.76 bits per heavy atom. The second kappa shape index (κ2) is 11.5. The minimum absolute atomic E-state index is 0.00487. The second-order valence-electron chi connectivity index (χ2n) is 9.54. The van der Waals surface area contributed by atoms with Gasteiger partial charge in [0.2, 0.25) is 0 Å². The Balaban J connectivity index is 1.29. The van der Waals surface area contributed by atoms with Crippen LogP contribution in [-0.2, 0) is 17.9 Å². The molecule has 2 aliphatic rings. The zero-order valence-electron chi connectivity index (χ0n) is 21.1. The van der Waals surface area contributed by atoms with Gasteiger partial charge in [-0.15, -0.1) is 0 Å². The number of aliphatic hydroxyl groups is 1. The quantitative estimate of drug-likeness (QED) is 0.429. The summed E-state index contributed by atoms with van der Waals surface area (Å²) in [6, 6.07) is 22.4. The lowest BCUT2D eigenvalue weighted by molar-refractivity contribution is 0.0708. The molecule has 5 rings (SSSR count). The fourth-order valence-electron chi connectivity index (χ4n) is 5.27. The van der Waals surface area contributed by atoms with Crippen molar-refractivity contribution in [2.45, 2.75) is 32.0 Å². The van der Waals surface area contributed by atoms with Crippen LogP contribution in [0.1, 0.15) is 34.3 Å². The molecule has 0 bridgehead atoms. The van der Waals surface area contributed by atoms with E-state index in [2.05, 4.69) is 4.90 Å². The maximum absolute atomic E-state index is 13.3. The Hall–Kier alpha value is -4.08. The zero-order chi connectivity index (χ0) is 26.5. The molecule has 0 spiro atoms. The minimum Gasteiger partial charge on any atom is -0.761 e. The third kappa shape index (κ3) is 5.29. The average molecular weight is 516 g/mol. The van der Waals surface area contributed by atoms with E-state index in [1.165, 1.54) is 0 Å². The SMILES string of the molecule is O=C(c1ccc(N2CCC(N3C(=O)OCc4ccccc43)CC2)c(N[O-])c1)N(CCO)Cc1ccccc1. The van der Waals surface area contributed by atoms with Gasteiger partial charge in [0.05, 0.1) is 18.0 Å². The van der Waals surface area contributed by atoms with E-state index in [1.54, 1.807) is 28.0 Å². The molecule has 2 amide bonds. The third-order valence-corrected chi connectivity index (χ3v) is 7.20. The fourth-order valence-corrected chi connectivity index (χ4v) is 5.27. The van der Waals surface area contributed by atoms with Crippen LogP contribution in [0.2, 0.25) is 0 Å². The number of rotatable bonds is 8. The largest absolute Gasteiger partial charge is 0.761 e. The minimum atomic E-state index is -0.324. The van der Waals surface area contributed by atoms with Crippen molar-refractivity contribution in [1.29, 1.82) is 0 Å². The number of nitrogens with zero attached hydrogens (tertiary/aromatic N) is 3. The Labute approximate surface area is 221 Å². The molecule has 3 aromatic carbocycles. The number of amides is 2. The van der Waals surface area contributed by atoms with Gasteiger partial charge in [0.1, 0.15) is 6.61 Å². The highest BCUT2D eigenvalue weighted by molar-refractivity contribution is 5.96. The summed E-state index contributed by atoms with van der Waals surface area (Å²) < 4.78 is 5.40. The van der Waals surface area contributed by atoms with Gasteiger partial charge in [0, 0.05) is 49.0 Å². The van der Waals surface area contributed by atoms with Gasteiger partial charge < -0.3 is 30.3 Å². The number of hydrogen-bond acceptors (Lipinski definition) is 7. The molecule has 2 heterocycles. The first-order chi connectivity index (χ1) is 18.6. The number of anilines is 3. The van der Waals surface area contributed by atoms with Crippen LogP contribution in [0.5, 0.6) is 0 Å². The topological polar surface area (TPSA) is 108 Å². The molecular weight excluding hydrogens is 484 g/mol. The van der Waals surface area contributed by atoms with Gasteiger partial charge in [0.25, 0.3) is 5.91 Å². The lowest BCUT2D eigenvalue weighted by atomic mass is 9.99. The summed E-state index contributed by atoms with van der Waals surface area (Å²) in [4.78, 5) is 31.3. The van der Waals surface area contributed by atoms with Crippen molar-refractivity contribution in [2.24, 2.45) is 0 Å². The molecule has 0 saturated carbocycles. The third-order valence-electron chi connectivity index (χ3n) is 7.20. The predicted octanol–water partition coefficient (Wildman–Crippen LogP) is 4.36. The summed E-state index contributed by atoms with van der Waals surface area (Å²) in [5.74, 6) is -0.257. The summed E-state index contributed by atoms with van der Waals surface area (Å²) in [5.41, 5.74) is 6.27. The van der Waals surface area contributed by atoms with E-state index in [4.69, 9.17) is 4.74 Å². The van der Waals surface area contributed by atoms with Gasteiger partial charge in [-0.3, -0.25) is 9.69 Å². The molecule has 0 radical (unpaired) electrons. The van der Waals surface area contributed by atoms with E-state index < -0.39 is 0 Å². The zero-order valence-corrected chi connectivity index (χ0v) is 21.1. The number of carbonyl (C=O) groups is 2. The molecule has 9 heteroatoms. The van der Waals surface area contributed by atoms with Crippen molar-refractivity contribution in [1.82, 2.24) is 4.90 Å². The standard InChI is InChI=1S/C29H31N4O5/c34-17-16-32(19-21-6-2-1-3-7-21)28(35)22-10-11-27(25(18-22)30-37)31-14-12-24(13-15-31)33-26-9-5-4-8-23(26)20-38-29(33)36/h1-11,18,24,30,34H,12-17,19-20H2/q-1. The number of aliphatic hydroxyl groups excluding tert-OH is 1. The monoisotopic (exact) mass is 515 g/mol. The molecule has 1 saturated heterocycles. The number of para-hydroxylation sites is 1. The predicted molar refractivity (Wildman–Crippen MR) is 146 cm³/mol. The number of nitrogens with one attached hydrogen (secondary N) is 1. The first kappa shape index (κ1) is 25.6. The Morgan fingerprint density at radius 1 is 1.03 bits per heavy atom. The van der Waals surface area contributed by atoms with E-state index >= 15 is 0 Å². The van der Waals surface area contributed by atoms with Crippen LogP contribution in [0.3, 0.4) is 0 Å². The Morgan fingerprint density at radius 3 is 2.50 bits per heavy atom. The van der Waals surface area contributed by atoms with Gasteiger partial charge >= 0.3 is 6.09 Å².